The maximum Gasteiger partial charge on any atom is 0.410 e. The second-order valence-electron chi connectivity index (χ2n) is 11.5. The Bertz CT molecular complexity index is 1110. The van der Waals surface area contributed by atoms with Crippen molar-refractivity contribution in [3.63, 3.8) is 0 Å². The van der Waals surface area contributed by atoms with Crippen molar-refractivity contribution < 1.29 is 14.3 Å². The number of thiol groups is 1. The van der Waals surface area contributed by atoms with Gasteiger partial charge < -0.3 is 25.0 Å². The zero-order valence-electron chi connectivity index (χ0n) is 22.4. The zero-order chi connectivity index (χ0) is 26.2. The lowest BCUT2D eigenvalue weighted by Gasteiger charge is -2.38. The second-order valence-corrected chi connectivity index (χ2v) is 13.4. The van der Waals surface area contributed by atoms with Crippen LogP contribution in [0, 0.1) is 0 Å². The first kappa shape index (κ1) is 26.1. The van der Waals surface area contributed by atoms with Crippen LogP contribution >= 0.6 is 0 Å². The number of hydrogen-bond donors (Lipinski definition) is 1. The molecule has 2 aromatic rings. The number of nitrogens with zero attached hydrogens (tertiary/aromatic N) is 4. The standard InChI is InChI=1S/C28H39N5O3S/c1-19-18-35-16-15-33(19)24-17-23(30-25(31-24)20-5-7-21(29)8-6-20)28(37-22-9-10-22)11-13-32(14-12-28)26(34)36-27(2,3)4/h5-8,17,19,22H,9-16,18,29H2,1-4H3/p+1/t19-/m0/s1. The van der Waals surface area contributed by atoms with E-state index in [-0.39, 0.29) is 16.9 Å². The van der Waals surface area contributed by atoms with E-state index >= 15 is 0 Å². The molecule has 1 atom stereocenters. The van der Waals surface area contributed by atoms with Gasteiger partial charge in [0.25, 0.3) is 0 Å². The maximum atomic E-state index is 12.8. The predicted molar refractivity (Wildman–Crippen MR) is 150 cm³/mol. The van der Waals surface area contributed by atoms with Crippen molar-refractivity contribution in [3.8, 4) is 11.4 Å². The summed E-state index contributed by atoms with van der Waals surface area (Å²) in [5.41, 5.74) is 8.24. The summed E-state index contributed by atoms with van der Waals surface area (Å²) in [6.07, 6.45) is 4.03. The minimum atomic E-state index is -0.498. The van der Waals surface area contributed by atoms with Crippen molar-refractivity contribution in [2.45, 2.75) is 75.0 Å². The van der Waals surface area contributed by atoms with Crippen molar-refractivity contribution in [1.29, 1.82) is 0 Å². The number of benzene rings is 1. The van der Waals surface area contributed by atoms with Crippen LogP contribution in [0.1, 0.15) is 59.1 Å². The molecule has 0 spiro atoms. The molecule has 3 aliphatic rings. The van der Waals surface area contributed by atoms with Gasteiger partial charge in [-0.25, -0.2) is 14.8 Å². The van der Waals surface area contributed by atoms with Gasteiger partial charge in [0.15, 0.2) is 10.6 Å². The van der Waals surface area contributed by atoms with Crippen LogP contribution in [0.3, 0.4) is 0 Å². The van der Waals surface area contributed by atoms with E-state index in [4.69, 9.17) is 25.2 Å². The first-order valence-electron chi connectivity index (χ1n) is 13.4. The Labute approximate surface area is 224 Å². The molecular formula is C28H40N5O3S+. The van der Waals surface area contributed by atoms with Gasteiger partial charge in [-0.1, -0.05) is 0 Å². The quantitative estimate of drug-likeness (QED) is 0.355. The predicted octanol–water partition coefficient (Wildman–Crippen LogP) is 4.15. The molecule has 2 aliphatic heterocycles. The van der Waals surface area contributed by atoms with E-state index in [9.17, 15) is 4.79 Å². The highest BCUT2D eigenvalue weighted by molar-refractivity contribution is 7.80. The van der Waals surface area contributed by atoms with Crippen LogP contribution in [0.25, 0.3) is 11.4 Å². The van der Waals surface area contributed by atoms with Gasteiger partial charge in [-0.05, 0) is 76.6 Å². The molecule has 0 unspecified atom stereocenters. The molecule has 2 N–H and O–H groups in total. The summed E-state index contributed by atoms with van der Waals surface area (Å²) in [5.74, 6) is 1.68. The number of carbonyl (C=O) groups is 1. The van der Waals surface area contributed by atoms with Gasteiger partial charge in [0.1, 0.15) is 22.4 Å². The third kappa shape index (κ3) is 6.14. The Balaban J connectivity index is 1.50. The average molecular weight is 527 g/mol. The fourth-order valence-corrected chi connectivity index (χ4v) is 6.85. The molecule has 1 aromatic carbocycles. The molecule has 1 amide bonds. The summed E-state index contributed by atoms with van der Waals surface area (Å²) in [7, 11) is 0. The van der Waals surface area contributed by atoms with Crippen LogP contribution in [-0.2, 0) is 26.0 Å². The molecule has 5 rings (SSSR count). The number of nitrogens with two attached hydrogens (primary N) is 1. The number of amides is 1. The lowest BCUT2D eigenvalue weighted by molar-refractivity contribution is 0.0194. The number of carbonyl (C=O) groups excluding carboxylic acids is 1. The molecule has 8 nitrogen and oxygen atoms in total. The van der Waals surface area contributed by atoms with Crippen LogP contribution < -0.4 is 10.6 Å². The maximum absolute atomic E-state index is 12.8. The number of anilines is 2. The molecule has 1 saturated carbocycles. The van der Waals surface area contributed by atoms with Crippen molar-refractivity contribution in [2.24, 2.45) is 0 Å². The van der Waals surface area contributed by atoms with Gasteiger partial charge in [-0.3, -0.25) is 0 Å². The van der Waals surface area contributed by atoms with Gasteiger partial charge >= 0.3 is 6.09 Å². The number of rotatable bonds is 5. The summed E-state index contributed by atoms with van der Waals surface area (Å²) in [4.78, 5) is 27.3. The van der Waals surface area contributed by atoms with Crippen LogP contribution in [0.4, 0.5) is 16.3 Å². The number of morpholine rings is 1. The van der Waals surface area contributed by atoms with E-state index in [1.807, 2.05) is 49.9 Å². The molecule has 200 valence electrons. The van der Waals surface area contributed by atoms with Gasteiger partial charge in [-0.15, -0.1) is 0 Å². The minimum Gasteiger partial charge on any atom is -0.444 e. The van der Waals surface area contributed by atoms with Crippen molar-refractivity contribution in [3.05, 3.63) is 36.0 Å². The van der Waals surface area contributed by atoms with E-state index in [1.165, 1.54) is 24.6 Å². The lowest BCUT2D eigenvalue weighted by Crippen LogP contribution is -2.48. The van der Waals surface area contributed by atoms with Crippen molar-refractivity contribution >= 4 is 29.4 Å². The van der Waals surface area contributed by atoms with Gasteiger partial charge in [0.2, 0.25) is 0 Å². The molecule has 3 fully saturated rings. The number of aromatic nitrogens is 2. The summed E-state index contributed by atoms with van der Waals surface area (Å²) >= 11 is 1.42. The molecule has 1 aliphatic carbocycles. The monoisotopic (exact) mass is 526 g/mol. The third-order valence-electron chi connectivity index (χ3n) is 7.24. The smallest absolute Gasteiger partial charge is 0.410 e. The first-order chi connectivity index (χ1) is 17.6. The molecule has 1 aromatic heterocycles. The van der Waals surface area contributed by atoms with Crippen LogP contribution in [0.15, 0.2) is 30.3 Å². The number of nitrogen functional groups attached to an aromatic ring is 1. The Kier molecular flexibility index (Phi) is 7.29. The van der Waals surface area contributed by atoms with E-state index < -0.39 is 5.60 Å². The number of ether oxygens (including phenoxy) is 2. The Hall–Kier alpha value is -2.52. The molecule has 9 heteroatoms. The van der Waals surface area contributed by atoms with Crippen molar-refractivity contribution in [1.82, 2.24) is 14.9 Å². The van der Waals surface area contributed by atoms with E-state index in [2.05, 4.69) is 17.9 Å². The first-order valence-corrected chi connectivity index (χ1v) is 14.4. The molecule has 0 bridgehead atoms. The summed E-state index contributed by atoms with van der Waals surface area (Å²) < 4.78 is 11.3. The molecular weight excluding hydrogens is 486 g/mol. The normalized spacial score (nSPS) is 22.1. The third-order valence-corrected chi connectivity index (χ3v) is 9.29. The van der Waals surface area contributed by atoms with E-state index in [0.29, 0.717) is 31.6 Å². The molecule has 0 radical (unpaired) electrons. The van der Waals surface area contributed by atoms with Crippen LogP contribution in [0.5, 0.6) is 0 Å². The van der Waals surface area contributed by atoms with Crippen molar-refractivity contribution in [2.75, 3.05) is 43.5 Å². The van der Waals surface area contributed by atoms with Gasteiger partial charge in [-0.2, -0.15) is 0 Å². The van der Waals surface area contributed by atoms with Crippen LogP contribution in [0.2, 0.25) is 0 Å². The highest BCUT2D eigenvalue weighted by Gasteiger charge is 2.51. The second kappa shape index (κ2) is 10.3. The van der Waals surface area contributed by atoms with Gasteiger partial charge in [0, 0.05) is 49.8 Å². The zero-order valence-corrected chi connectivity index (χ0v) is 23.3. The fraction of sp³-hybridized carbons (Fsp3) is 0.607. The fourth-order valence-electron chi connectivity index (χ4n) is 5.04. The lowest BCUT2D eigenvalue weighted by atomic mass is 9.91. The Morgan fingerprint density at radius 3 is 2.46 bits per heavy atom. The minimum absolute atomic E-state index is 0.116. The summed E-state index contributed by atoms with van der Waals surface area (Å²) in [5, 5.41) is 0.703. The average Bonchev–Trinajstić information content (AvgIpc) is 3.68. The highest BCUT2D eigenvalue weighted by atomic mass is 32.2. The Morgan fingerprint density at radius 2 is 1.84 bits per heavy atom. The topological polar surface area (TPSA) is 93.8 Å². The molecule has 37 heavy (non-hydrogen) atoms. The Morgan fingerprint density at radius 1 is 1.14 bits per heavy atom. The largest absolute Gasteiger partial charge is 0.444 e. The highest BCUT2D eigenvalue weighted by Crippen LogP contribution is 2.44. The van der Waals surface area contributed by atoms with E-state index in [0.717, 1.165) is 48.0 Å². The summed E-state index contributed by atoms with van der Waals surface area (Å²) in [6, 6.07) is 10.2. The molecule has 3 heterocycles. The van der Waals surface area contributed by atoms with E-state index in [1.54, 1.807) is 0 Å². The number of hydrogen-bond acceptors (Lipinski definition) is 7. The SMILES string of the molecule is C[C@H]1COCCN1c1cc(C2([SH+]C3CC3)CCN(C(=O)OC(C)(C)C)CC2)nc(-c2ccc(N)cc2)n1. The number of likely N-dealkylation sites (tertiary alicyclic amines) is 1. The van der Waals surface area contributed by atoms with Crippen LogP contribution in [-0.4, -0.2) is 70.7 Å². The number of piperidine rings is 1. The summed E-state index contributed by atoms with van der Waals surface area (Å²) in [6.45, 7) is 11.4. The van der Waals surface area contributed by atoms with Gasteiger partial charge in [0.05, 0.1) is 19.3 Å². The molecule has 2 saturated heterocycles.